The van der Waals surface area contributed by atoms with Gasteiger partial charge in [0, 0.05) is 6.54 Å². The molecule has 2 atom stereocenters. The Bertz CT molecular complexity index is 484. The molecule has 4 heteroatoms. The predicted molar refractivity (Wildman–Crippen MR) is 73.3 cm³/mol. The summed E-state index contributed by atoms with van der Waals surface area (Å²) in [5.74, 6) is -0.169. The molecule has 1 aromatic rings. The van der Waals surface area contributed by atoms with Crippen LogP contribution in [-0.4, -0.2) is 29.3 Å². The van der Waals surface area contributed by atoms with Gasteiger partial charge in [-0.1, -0.05) is 36.4 Å². The first-order valence-corrected chi connectivity index (χ1v) is 6.42. The highest BCUT2D eigenvalue weighted by Gasteiger charge is 2.38. The Morgan fingerprint density at radius 2 is 2.00 bits per heavy atom. The Labute approximate surface area is 113 Å². The van der Waals surface area contributed by atoms with Gasteiger partial charge in [-0.25, -0.2) is 0 Å². The molecule has 1 heterocycles. The number of rotatable bonds is 4. The van der Waals surface area contributed by atoms with Crippen LogP contribution in [0.4, 0.5) is 0 Å². The van der Waals surface area contributed by atoms with E-state index >= 15 is 0 Å². The smallest absolute Gasteiger partial charge is 0.248 e. The van der Waals surface area contributed by atoms with E-state index in [4.69, 9.17) is 0 Å². The quantitative estimate of drug-likeness (QED) is 0.835. The molecule has 2 unspecified atom stereocenters. The van der Waals surface area contributed by atoms with Gasteiger partial charge in [0.15, 0.2) is 0 Å². The van der Waals surface area contributed by atoms with Crippen molar-refractivity contribution in [3.05, 3.63) is 48.6 Å². The first-order chi connectivity index (χ1) is 9.15. The molecule has 2 rings (SSSR count). The number of hydrogen-bond acceptors (Lipinski definition) is 2. The van der Waals surface area contributed by atoms with E-state index in [0.29, 0.717) is 13.0 Å². The summed E-state index contributed by atoms with van der Waals surface area (Å²) in [7, 11) is 0. The predicted octanol–water partition coefficient (Wildman–Crippen LogP) is 1.65. The molecule has 0 saturated carbocycles. The van der Waals surface area contributed by atoms with Crippen LogP contribution < -0.4 is 5.32 Å². The van der Waals surface area contributed by atoms with Crippen molar-refractivity contribution in [1.82, 2.24) is 10.2 Å². The lowest BCUT2D eigenvalue weighted by Gasteiger charge is -2.38. The van der Waals surface area contributed by atoms with E-state index in [2.05, 4.69) is 11.9 Å². The third-order valence-corrected chi connectivity index (χ3v) is 3.26. The number of nitrogens with one attached hydrogen (secondary N) is 1. The Morgan fingerprint density at radius 1 is 1.32 bits per heavy atom. The molecule has 0 aromatic heterocycles. The normalized spacial score (nSPS) is 23.1. The van der Waals surface area contributed by atoms with E-state index in [1.54, 1.807) is 17.9 Å². The lowest BCUT2D eigenvalue weighted by atomic mass is 10.00. The molecule has 1 saturated heterocycles. The Kier molecular flexibility index (Phi) is 4.00. The third kappa shape index (κ3) is 2.67. The van der Waals surface area contributed by atoms with Gasteiger partial charge < -0.3 is 10.2 Å². The fourth-order valence-corrected chi connectivity index (χ4v) is 2.31. The molecule has 1 aliphatic rings. The minimum atomic E-state index is -0.537. The number of benzene rings is 1. The summed E-state index contributed by atoms with van der Waals surface area (Å²) in [6.07, 6.45) is 2.43. The van der Waals surface area contributed by atoms with Gasteiger partial charge in [-0.3, -0.25) is 9.59 Å². The van der Waals surface area contributed by atoms with Gasteiger partial charge in [-0.15, -0.1) is 6.58 Å². The zero-order valence-electron chi connectivity index (χ0n) is 11.0. The summed E-state index contributed by atoms with van der Waals surface area (Å²) in [5.41, 5.74) is 0.837. The lowest BCUT2D eigenvalue weighted by Crippen LogP contribution is -2.58. The van der Waals surface area contributed by atoms with E-state index in [1.165, 1.54) is 0 Å². The molecule has 1 aliphatic heterocycles. The number of hydrogen-bond donors (Lipinski definition) is 1. The second-order valence-electron chi connectivity index (χ2n) is 4.65. The molecule has 1 N–H and O–H groups in total. The highest BCUT2D eigenvalue weighted by Crippen LogP contribution is 2.25. The largest absolute Gasteiger partial charge is 0.342 e. The molecule has 1 aromatic carbocycles. The standard InChI is InChI=1S/C15H18N2O2/c1-3-4-10-17-13(12-8-6-5-7-9-12)14(18)16-11(2)15(17)19/h3,5-9,11,13H,1,4,10H2,2H3,(H,16,18). The van der Waals surface area contributed by atoms with E-state index in [0.717, 1.165) is 5.56 Å². The van der Waals surface area contributed by atoms with Crippen molar-refractivity contribution in [1.29, 1.82) is 0 Å². The summed E-state index contributed by atoms with van der Waals surface area (Å²) in [6, 6.07) is 8.38. The molecular formula is C15H18N2O2. The second kappa shape index (κ2) is 5.69. The van der Waals surface area contributed by atoms with Crippen molar-refractivity contribution in [2.75, 3.05) is 6.54 Å². The molecule has 0 bridgehead atoms. The fourth-order valence-electron chi connectivity index (χ4n) is 2.31. The van der Waals surface area contributed by atoms with Gasteiger partial charge in [0.2, 0.25) is 11.8 Å². The molecule has 2 amide bonds. The van der Waals surface area contributed by atoms with Crippen molar-refractivity contribution in [2.45, 2.75) is 25.4 Å². The number of amides is 2. The number of nitrogens with zero attached hydrogens (tertiary/aromatic N) is 1. The van der Waals surface area contributed by atoms with Crippen LogP contribution in [0.15, 0.2) is 43.0 Å². The SMILES string of the molecule is C=CCCN1C(=O)C(C)NC(=O)C1c1ccccc1. The molecule has 1 fully saturated rings. The number of piperazine rings is 1. The minimum absolute atomic E-state index is 0.0460. The summed E-state index contributed by atoms with van der Waals surface area (Å²) in [6.45, 7) is 5.89. The van der Waals surface area contributed by atoms with E-state index in [-0.39, 0.29) is 11.8 Å². The first kappa shape index (κ1) is 13.3. The van der Waals surface area contributed by atoms with Crippen LogP contribution in [-0.2, 0) is 9.59 Å². The highest BCUT2D eigenvalue weighted by molar-refractivity contribution is 5.97. The van der Waals surface area contributed by atoms with Crippen LogP contribution in [0.3, 0.4) is 0 Å². The van der Waals surface area contributed by atoms with E-state index < -0.39 is 12.1 Å². The Morgan fingerprint density at radius 3 is 2.63 bits per heavy atom. The average molecular weight is 258 g/mol. The summed E-state index contributed by atoms with van der Waals surface area (Å²) in [5, 5.41) is 2.73. The van der Waals surface area contributed by atoms with Crippen LogP contribution in [0.25, 0.3) is 0 Å². The van der Waals surface area contributed by atoms with Crippen molar-refractivity contribution >= 4 is 11.8 Å². The van der Waals surface area contributed by atoms with Crippen LogP contribution in [0.2, 0.25) is 0 Å². The van der Waals surface area contributed by atoms with Gasteiger partial charge in [0.05, 0.1) is 0 Å². The Hall–Kier alpha value is -2.10. The first-order valence-electron chi connectivity index (χ1n) is 6.42. The van der Waals surface area contributed by atoms with E-state index in [9.17, 15) is 9.59 Å². The molecule has 0 radical (unpaired) electrons. The second-order valence-corrected chi connectivity index (χ2v) is 4.65. The summed E-state index contributed by atoms with van der Waals surface area (Å²) < 4.78 is 0. The Balaban J connectivity index is 2.33. The molecule has 19 heavy (non-hydrogen) atoms. The zero-order chi connectivity index (χ0) is 13.8. The van der Waals surface area contributed by atoms with Crippen molar-refractivity contribution < 1.29 is 9.59 Å². The monoisotopic (exact) mass is 258 g/mol. The fraction of sp³-hybridized carbons (Fsp3) is 0.333. The topological polar surface area (TPSA) is 49.4 Å². The minimum Gasteiger partial charge on any atom is -0.342 e. The van der Waals surface area contributed by atoms with Gasteiger partial charge in [0.25, 0.3) is 0 Å². The molecule has 4 nitrogen and oxygen atoms in total. The maximum absolute atomic E-state index is 12.2. The maximum Gasteiger partial charge on any atom is 0.248 e. The van der Waals surface area contributed by atoms with Crippen LogP contribution in [0.1, 0.15) is 24.9 Å². The zero-order valence-corrected chi connectivity index (χ0v) is 11.0. The number of carbonyl (C=O) groups excluding carboxylic acids is 2. The van der Waals surface area contributed by atoms with Crippen molar-refractivity contribution in [2.24, 2.45) is 0 Å². The van der Waals surface area contributed by atoms with E-state index in [1.807, 2.05) is 30.3 Å². The third-order valence-electron chi connectivity index (χ3n) is 3.26. The van der Waals surface area contributed by atoms with Gasteiger partial charge >= 0.3 is 0 Å². The molecule has 100 valence electrons. The van der Waals surface area contributed by atoms with Crippen LogP contribution in [0.5, 0.6) is 0 Å². The average Bonchev–Trinajstić information content (AvgIpc) is 2.42. The highest BCUT2D eigenvalue weighted by atomic mass is 16.2. The maximum atomic E-state index is 12.2. The summed E-state index contributed by atoms with van der Waals surface area (Å²) in [4.78, 5) is 26.1. The lowest BCUT2D eigenvalue weighted by molar-refractivity contribution is -0.149. The molecule has 0 spiro atoms. The summed E-state index contributed by atoms with van der Waals surface area (Å²) >= 11 is 0. The van der Waals surface area contributed by atoms with Gasteiger partial charge in [-0.05, 0) is 18.9 Å². The number of carbonyl (C=O) groups is 2. The molecular weight excluding hydrogens is 240 g/mol. The van der Waals surface area contributed by atoms with Crippen LogP contribution >= 0.6 is 0 Å². The van der Waals surface area contributed by atoms with Crippen molar-refractivity contribution in [3.8, 4) is 0 Å². The molecule has 0 aliphatic carbocycles. The van der Waals surface area contributed by atoms with Gasteiger partial charge in [-0.2, -0.15) is 0 Å². The van der Waals surface area contributed by atoms with Crippen LogP contribution in [0, 0.1) is 0 Å². The van der Waals surface area contributed by atoms with Gasteiger partial charge in [0.1, 0.15) is 12.1 Å². The van der Waals surface area contributed by atoms with Crippen molar-refractivity contribution in [3.63, 3.8) is 0 Å².